The zero-order chi connectivity index (χ0) is 32.0. The number of ketones is 2. The van der Waals surface area contributed by atoms with Gasteiger partial charge in [0.25, 0.3) is 0 Å². The van der Waals surface area contributed by atoms with Gasteiger partial charge >= 0.3 is 5.97 Å². The van der Waals surface area contributed by atoms with Crippen LogP contribution in [0, 0.1) is 5.92 Å². The molecular formula is C35H42O10. The second-order valence-electron chi connectivity index (χ2n) is 10.8. The number of carbonyl (C=O) groups is 3. The molecule has 2 aliphatic rings. The normalized spacial score (nSPS) is 19.3. The van der Waals surface area contributed by atoms with Crippen molar-refractivity contribution in [3.63, 3.8) is 0 Å². The SMILES string of the molecule is CCOC(=O)CC(C(=O)C=Cc1ccc(OC2CCCCO2)c(CO)c1)C(=O)C=Cc1ccc(OC2CCCCO2)c(OC)c1. The molecule has 0 aromatic heterocycles. The van der Waals surface area contributed by atoms with E-state index in [1.807, 2.05) is 0 Å². The van der Waals surface area contributed by atoms with E-state index in [9.17, 15) is 19.5 Å². The van der Waals surface area contributed by atoms with Gasteiger partial charge in [-0.2, -0.15) is 0 Å². The lowest BCUT2D eigenvalue weighted by atomic mass is 9.93. The van der Waals surface area contributed by atoms with Gasteiger partial charge in [-0.15, -0.1) is 0 Å². The zero-order valence-electron chi connectivity index (χ0n) is 25.9. The lowest BCUT2D eigenvalue weighted by molar-refractivity contribution is -0.147. The van der Waals surface area contributed by atoms with E-state index in [1.54, 1.807) is 49.4 Å². The molecule has 0 amide bonds. The molecule has 242 valence electrons. The number of aliphatic hydroxyl groups is 1. The van der Waals surface area contributed by atoms with Crippen LogP contribution in [0.5, 0.6) is 17.2 Å². The van der Waals surface area contributed by atoms with Crippen molar-refractivity contribution in [2.24, 2.45) is 5.92 Å². The van der Waals surface area contributed by atoms with Crippen LogP contribution in [-0.2, 0) is 35.2 Å². The van der Waals surface area contributed by atoms with Gasteiger partial charge in [0.1, 0.15) is 5.75 Å². The Balaban J connectivity index is 1.45. The van der Waals surface area contributed by atoms with Crippen LogP contribution >= 0.6 is 0 Å². The average molecular weight is 623 g/mol. The molecule has 0 spiro atoms. The van der Waals surface area contributed by atoms with E-state index in [-0.39, 0.29) is 25.8 Å². The first kappa shape index (κ1) is 33.9. The number of rotatable bonds is 15. The smallest absolute Gasteiger partial charge is 0.306 e. The molecule has 10 heteroatoms. The average Bonchev–Trinajstić information content (AvgIpc) is 3.07. The van der Waals surface area contributed by atoms with E-state index in [4.69, 9.17) is 28.4 Å². The summed E-state index contributed by atoms with van der Waals surface area (Å²) in [5.41, 5.74) is 1.81. The number of carbonyl (C=O) groups excluding carboxylic acids is 3. The maximum Gasteiger partial charge on any atom is 0.306 e. The summed E-state index contributed by atoms with van der Waals surface area (Å²) in [5.74, 6) is -1.49. The van der Waals surface area contributed by atoms with Crippen LogP contribution in [0.3, 0.4) is 0 Å². The fourth-order valence-electron chi connectivity index (χ4n) is 5.04. The number of ether oxygens (including phenoxy) is 6. The molecule has 2 saturated heterocycles. The summed E-state index contributed by atoms with van der Waals surface area (Å²) in [4.78, 5) is 38.8. The van der Waals surface area contributed by atoms with Crippen LogP contribution < -0.4 is 14.2 Å². The van der Waals surface area contributed by atoms with Gasteiger partial charge in [0.2, 0.25) is 0 Å². The number of aliphatic hydroxyl groups excluding tert-OH is 1. The second-order valence-corrected chi connectivity index (χ2v) is 10.8. The number of methoxy groups -OCH3 is 1. The second kappa shape index (κ2) is 17.5. The Morgan fingerprint density at radius 2 is 1.42 bits per heavy atom. The molecule has 2 heterocycles. The maximum atomic E-state index is 13.2. The van der Waals surface area contributed by atoms with Crippen molar-refractivity contribution >= 4 is 29.7 Å². The monoisotopic (exact) mass is 622 g/mol. The van der Waals surface area contributed by atoms with Gasteiger partial charge in [-0.1, -0.05) is 24.3 Å². The molecule has 0 aliphatic carbocycles. The van der Waals surface area contributed by atoms with E-state index in [0.29, 0.717) is 47.2 Å². The highest BCUT2D eigenvalue weighted by molar-refractivity contribution is 6.15. The minimum absolute atomic E-state index is 0.129. The van der Waals surface area contributed by atoms with Crippen molar-refractivity contribution in [2.75, 3.05) is 26.9 Å². The molecular weight excluding hydrogens is 580 g/mol. The molecule has 1 N–H and O–H groups in total. The van der Waals surface area contributed by atoms with E-state index >= 15 is 0 Å². The Hall–Kier alpha value is -3.99. The molecule has 3 unspecified atom stereocenters. The largest absolute Gasteiger partial charge is 0.493 e. The Morgan fingerprint density at radius 3 is 1.96 bits per heavy atom. The van der Waals surface area contributed by atoms with Gasteiger partial charge in [0.05, 0.1) is 45.9 Å². The van der Waals surface area contributed by atoms with E-state index in [0.717, 1.165) is 38.5 Å². The number of esters is 1. The quantitative estimate of drug-likeness (QED) is 0.156. The molecule has 2 aliphatic heterocycles. The highest BCUT2D eigenvalue weighted by Gasteiger charge is 2.27. The number of hydrogen-bond donors (Lipinski definition) is 1. The number of benzene rings is 2. The van der Waals surface area contributed by atoms with Gasteiger partial charge in [-0.05, 0) is 80.2 Å². The molecule has 0 saturated carbocycles. The summed E-state index contributed by atoms with van der Waals surface area (Å²) in [7, 11) is 1.53. The van der Waals surface area contributed by atoms with Crippen LogP contribution in [0.2, 0.25) is 0 Å². The third-order valence-electron chi connectivity index (χ3n) is 7.48. The van der Waals surface area contributed by atoms with Crippen molar-refractivity contribution in [3.05, 3.63) is 65.2 Å². The van der Waals surface area contributed by atoms with Crippen LogP contribution in [-0.4, -0.2) is 62.2 Å². The van der Waals surface area contributed by atoms with Crippen molar-refractivity contribution in [1.82, 2.24) is 0 Å². The number of allylic oxidation sites excluding steroid dienone is 2. The van der Waals surface area contributed by atoms with Gasteiger partial charge in [-0.25, -0.2) is 0 Å². The fourth-order valence-corrected chi connectivity index (χ4v) is 5.04. The first-order valence-electron chi connectivity index (χ1n) is 15.5. The summed E-state index contributed by atoms with van der Waals surface area (Å²) in [6, 6.07) is 10.4. The predicted octanol–water partition coefficient (Wildman–Crippen LogP) is 5.43. The molecule has 4 rings (SSSR count). The maximum absolute atomic E-state index is 13.2. The first-order chi connectivity index (χ1) is 21.9. The summed E-state index contributed by atoms with van der Waals surface area (Å²) in [6.45, 7) is 2.80. The van der Waals surface area contributed by atoms with E-state index in [2.05, 4.69) is 0 Å². The fraction of sp³-hybridized carbons (Fsp3) is 0.457. The summed E-state index contributed by atoms with van der Waals surface area (Å²) < 4.78 is 33.6. The molecule has 2 aromatic rings. The van der Waals surface area contributed by atoms with Crippen molar-refractivity contribution < 1.29 is 47.9 Å². The topological polar surface area (TPSA) is 127 Å². The minimum atomic E-state index is -1.27. The first-order valence-corrected chi connectivity index (χ1v) is 15.5. The van der Waals surface area contributed by atoms with Gasteiger partial charge < -0.3 is 33.5 Å². The molecule has 2 fully saturated rings. The van der Waals surface area contributed by atoms with Crippen LogP contribution in [0.4, 0.5) is 0 Å². The highest BCUT2D eigenvalue weighted by Crippen LogP contribution is 2.31. The lowest BCUT2D eigenvalue weighted by Gasteiger charge is -2.24. The van der Waals surface area contributed by atoms with Gasteiger partial charge in [0.15, 0.2) is 35.6 Å². The van der Waals surface area contributed by atoms with Crippen LogP contribution in [0.15, 0.2) is 48.6 Å². The predicted molar refractivity (Wildman–Crippen MR) is 167 cm³/mol. The standard InChI is InChI=1S/C35H42O10/c1-3-41-33(39)22-27(28(37)14-10-24-12-16-30(26(20-24)23-36)44-34-8-4-6-18-42-34)29(38)15-11-25-13-17-31(32(21-25)40-2)45-35-9-5-7-19-43-35/h10-17,20-21,27,34-36H,3-9,18-19,22-23H2,1-2H3. The Kier molecular flexibility index (Phi) is 13.2. The molecule has 0 bridgehead atoms. The van der Waals surface area contributed by atoms with Crippen molar-refractivity contribution in [2.45, 2.75) is 71.1 Å². The Labute approximate surface area is 263 Å². The van der Waals surface area contributed by atoms with Crippen LogP contribution in [0.25, 0.3) is 12.2 Å². The Morgan fingerprint density at radius 1 is 0.844 bits per heavy atom. The molecule has 45 heavy (non-hydrogen) atoms. The van der Waals surface area contributed by atoms with Crippen LogP contribution in [0.1, 0.15) is 68.6 Å². The van der Waals surface area contributed by atoms with Gasteiger partial charge in [-0.3, -0.25) is 14.4 Å². The molecule has 3 atom stereocenters. The van der Waals surface area contributed by atoms with Crippen molar-refractivity contribution in [1.29, 1.82) is 0 Å². The zero-order valence-corrected chi connectivity index (χ0v) is 25.9. The third kappa shape index (κ3) is 10.3. The lowest BCUT2D eigenvalue weighted by Crippen LogP contribution is -2.25. The molecule has 0 radical (unpaired) electrons. The van der Waals surface area contributed by atoms with E-state index < -0.39 is 29.9 Å². The summed E-state index contributed by atoms with van der Waals surface area (Å²) >= 11 is 0. The summed E-state index contributed by atoms with van der Waals surface area (Å²) in [5, 5.41) is 9.90. The highest BCUT2D eigenvalue weighted by atomic mass is 16.7. The van der Waals surface area contributed by atoms with E-state index in [1.165, 1.54) is 25.3 Å². The number of hydrogen-bond acceptors (Lipinski definition) is 10. The Bertz CT molecular complexity index is 1260. The van der Waals surface area contributed by atoms with Crippen molar-refractivity contribution in [3.8, 4) is 17.2 Å². The summed E-state index contributed by atoms with van der Waals surface area (Å²) in [6.07, 6.45) is 10.1. The third-order valence-corrected chi connectivity index (χ3v) is 7.48. The minimum Gasteiger partial charge on any atom is -0.493 e. The molecule has 10 nitrogen and oxygen atoms in total. The van der Waals surface area contributed by atoms with Gasteiger partial charge in [0, 0.05) is 18.4 Å². The molecule has 2 aromatic carbocycles.